The van der Waals surface area contributed by atoms with E-state index in [0.29, 0.717) is 5.82 Å². The second-order valence-corrected chi connectivity index (χ2v) is 5.08. The largest absolute Gasteiger partial charge is 0.369 e. The molecule has 6 nitrogen and oxygen atoms in total. The van der Waals surface area contributed by atoms with E-state index in [0.717, 1.165) is 37.5 Å². The maximum Gasteiger partial charge on any atom is 0.200 e. The van der Waals surface area contributed by atoms with Gasteiger partial charge in [0, 0.05) is 50.3 Å². The van der Waals surface area contributed by atoms with Crippen LogP contribution in [-0.2, 0) is 0 Å². The van der Waals surface area contributed by atoms with E-state index in [-0.39, 0.29) is 0 Å². The van der Waals surface area contributed by atoms with Gasteiger partial charge in [-0.3, -0.25) is 4.98 Å². The number of hydrogen-bond acceptors (Lipinski definition) is 5. The molecule has 106 valence electrons. The maximum atomic E-state index is 4.59. The second kappa shape index (κ2) is 5.14. The van der Waals surface area contributed by atoms with Crippen molar-refractivity contribution in [3.05, 3.63) is 42.7 Å². The van der Waals surface area contributed by atoms with Gasteiger partial charge < -0.3 is 10.2 Å². The molecule has 0 amide bonds. The van der Waals surface area contributed by atoms with E-state index in [2.05, 4.69) is 37.4 Å². The summed E-state index contributed by atoms with van der Waals surface area (Å²) in [5, 5.41) is 7.85. The summed E-state index contributed by atoms with van der Waals surface area (Å²) in [5.74, 6) is 0.660. The zero-order valence-electron chi connectivity index (χ0n) is 11.6. The number of rotatable bonds is 2. The van der Waals surface area contributed by atoms with Crippen LogP contribution >= 0.6 is 0 Å². The van der Waals surface area contributed by atoms with Gasteiger partial charge in [0.1, 0.15) is 5.69 Å². The first-order chi connectivity index (χ1) is 10.4. The normalized spacial score (nSPS) is 15.5. The molecule has 3 aromatic rings. The van der Waals surface area contributed by atoms with Crippen LogP contribution in [0, 0.1) is 0 Å². The molecule has 4 rings (SSSR count). The van der Waals surface area contributed by atoms with Crippen molar-refractivity contribution in [2.75, 3.05) is 31.1 Å². The zero-order valence-corrected chi connectivity index (χ0v) is 11.6. The summed E-state index contributed by atoms with van der Waals surface area (Å²) in [6, 6.07) is 9.94. The average molecular weight is 280 g/mol. The molecule has 1 fully saturated rings. The third kappa shape index (κ3) is 2.34. The third-order valence-electron chi connectivity index (χ3n) is 3.70. The molecule has 0 aliphatic carbocycles. The van der Waals surface area contributed by atoms with E-state index >= 15 is 0 Å². The van der Waals surface area contributed by atoms with E-state index in [1.165, 1.54) is 5.69 Å². The van der Waals surface area contributed by atoms with Crippen LogP contribution in [0.2, 0.25) is 0 Å². The molecule has 0 unspecified atom stereocenters. The van der Waals surface area contributed by atoms with Gasteiger partial charge in [0.15, 0.2) is 5.65 Å². The van der Waals surface area contributed by atoms with Gasteiger partial charge >= 0.3 is 0 Å². The smallest absolute Gasteiger partial charge is 0.200 e. The summed E-state index contributed by atoms with van der Waals surface area (Å²) in [7, 11) is 0. The zero-order chi connectivity index (χ0) is 14.1. The topological polar surface area (TPSA) is 58.4 Å². The molecular formula is C15H16N6. The second-order valence-electron chi connectivity index (χ2n) is 5.08. The van der Waals surface area contributed by atoms with Crippen molar-refractivity contribution >= 4 is 11.3 Å². The van der Waals surface area contributed by atoms with Gasteiger partial charge in [-0.15, -0.1) is 5.10 Å². The van der Waals surface area contributed by atoms with Gasteiger partial charge in [-0.1, -0.05) is 6.07 Å². The van der Waals surface area contributed by atoms with Crippen LogP contribution in [0.3, 0.4) is 0 Å². The van der Waals surface area contributed by atoms with Gasteiger partial charge in [0.2, 0.25) is 5.82 Å². The fourth-order valence-corrected chi connectivity index (χ4v) is 2.59. The number of anilines is 1. The Labute approximate surface area is 122 Å². The Morgan fingerprint density at radius 1 is 1.10 bits per heavy atom. The molecular weight excluding hydrogens is 264 g/mol. The standard InChI is InChI=1S/C15H16N6/c1-2-5-17-13(3-1)15-18-14-11-12(4-8-21(14)19-15)20-9-6-16-7-10-20/h1-5,8,11,16H,6-7,9-10H2. The number of hydrogen-bond donors (Lipinski definition) is 1. The lowest BCUT2D eigenvalue weighted by molar-refractivity contribution is 0.589. The first-order valence-corrected chi connectivity index (χ1v) is 7.14. The Bertz CT molecular complexity index is 745. The molecule has 0 aromatic carbocycles. The van der Waals surface area contributed by atoms with Crippen molar-refractivity contribution in [1.82, 2.24) is 24.9 Å². The number of fused-ring (bicyclic) bond motifs is 1. The first kappa shape index (κ1) is 12.3. The van der Waals surface area contributed by atoms with Crippen LogP contribution in [0.15, 0.2) is 42.7 Å². The molecule has 6 heteroatoms. The number of nitrogens with one attached hydrogen (secondary N) is 1. The molecule has 4 heterocycles. The summed E-state index contributed by atoms with van der Waals surface area (Å²) in [6.07, 6.45) is 3.72. The number of pyridine rings is 2. The number of aromatic nitrogens is 4. The van der Waals surface area contributed by atoms with Crippen molar-refractivity contribution in [2.45, 2.75) is 0 Å². The summed E-state index contributed by atoms with van der Waals surface area (Å²) < 4.78 is 1.80. The number of nitrogens with zero attached hydrogens (tertiary/aromatic N) is 5. The van der Waals surface area contributed by atoms with Gasteiger partial charge in [-0.2, -0.15) is 0 Å². The Morgan fingerprint density at radius 3 is 2.81 bits per heavy atom. The molecule has 21 heavy (non-hydrogen) atoms. The monoisotopic (exact) mass is 280 g/mol. The molecule has 0 bridgehead atoms. The maximum absolute atomic E-state index is 4.59. The fourth-order valence-electron chi connectivity index (χ4n) is 2.59. The Hall–Kier alpha value is -2.47. The van der Waals surface area contributed by atoms with Gasteiger partial charge in [-0.05, 0) is 18.2 Å². The molecule has 3 aromatic heterocycles. The van der Waals surface area contributed by atoms with Crippen molar-refractivity contribution in [3.8, 4) is 11.5 Å². The van der Waals surface area contributed by atoms with E-state index in [1.807, 2.05) is 24.4 Å². The minimum Gasteiger partial charge on any atom is -0.369 e. The lowest BCUT2D eigenvalue weighted by atomic mass is 10.3. The average Bonchev–Trinajstić information content (AvgIpc) is 2.99. The Morgan fingerprint density at radius 2 is 2.00 bits per heavy atom. The highest BCUT2D eigenvalue weighted by Crippen LogP contribution is 2.19. The predicted octanol–water partition coefficient (Wildman–Crippen LogP) is 1.20. The van der Waals surface area contributed by atoms with Crippen molar-refractivity contribution < 1.29 is 0 Å². The van der Waals surface area contributed by atoms with Gasteiger partial charge in [-0.25, -0.2) is 9.50 Å². The highest BCUT2D eigenvalue weighted by atomic mass is 15.3. The molecule has 1 N–H and O–H groups in total. The minimum absolute atomic E-state index is 0.660. The Kier molecular flexibility index (Phi) is 3.01. The SMILES string of the molecule is c1ccc(-c2nc3cc(N4CCNCC4)ccn3n2)nc1. The molecule has 0 atom stereocenters. The summed E-state index contributed by atoms with van der Waals surface area (Å²) in [6.45, 7) is 4.10. The van der Waals surface area contributed by atoms with Crippen molar-refractivity contribution in [2.24, 2.45) is 0 Å². The van der Waals surface area contributed by atoms with Crippen molar-refractivity contribution in [1.29, 1.82) is 0 Å². The number of piperazine rings is 1. The van der Waals surface area contributed by atoms with E-state index < -0.39 is 0 Å². The predicted molar refractivity (Wildman–Crippen MR) is 81.3 cm³/mol. The lowest BCUT2D eigenvalue weighted by Crippen LogP contribution is -2.43. The Balaban J connectivity index is 1.71. The van der Waals surface area contributed by atoms with Crippen LogP contribution < -0.4 is 10.2 Å². The quantitative estimate of drug-likeness (QED) is 0.764. The van der Waals surface area contributed by atoms with Crippen LogP contribution in [0.5, 0.6) is 0 Å². The highest BCUT2D eigenvalue weighted by Gasteiger charge is 2.13. The molecule has 1 aliphatic rings. The molecule has 0 spiro atoms. The molecule has 1 aliphatic heterocycles. The molecule has 1 saturated heterocycles. The molecule has 0 radical (unpaired) electrons. The van der Waals surface area contributed by atoms with Crippen LogP contribution in [0.25, 0.3) is 17.2 Å². The fraction of sp³-hybridized carbons (Fsp3) is 0.267. The van der Waals surface area contributed by atoms with Crippen LogP contribution in [0.1, 0.15) is 0 Å². The van der Waals surface area contributed by atoms with E-state index in [4.69, 9.17) is 0 Å². The van der Waals surface area contributed by atoms with Gasteiger partial charge in [0.05, 0.1) is 0 Å². The highest BCUT2D eigenvalue weighted by molar-refractivity contribution is 5.60. The lowest BCUT2D eigenvalue weighted by Gasteiger charge is -2.29. The minimum atomic E-state index is 0.660. The van der Waals surface area contributed by atoms with Crippen LogP contribution in [-0.4, -0.2) is 45.8 Å². The summed E-state index contributed by atoms with van der Waals surface area (Å²) in [4.78, 5) is 11.3. The van der Waals surface area contributed by atoms with E-state index in [9.17, 15) is 0 Å². The summed E-state index contributed by atoms with van der Waals surface area (Å²) >= 11 is 0. The van der Waals surface area contributed by atoms with E-state index in [1.54, 1.807) is 10.7 Å². The third-order valence-corrected chi connectivity index (χ3v) is 3.70. The van der Waals surface area contributed by atoms with Crippen LogP contribution in [0.4, 0.5) is 5.69 Å². The summed E-state index contributed by atoms with van der Waals surface area (Å²) in [5.41, 5.74) is 2.85. The molecule has 0 saturated carbocycles. The van der Waals surface area contributed by atoms with Crippen molar-refractivity contribution in [3.63, 3.8) is 0 Å². The van der Waals surface area contributed by atoms with Gasteiger partial charge in [0.25, 0.3) is 0 Å². The first-order valence-electron chi connectivity index (χ1n) is 7.14.